The van der Waals surface area contributed by atoms with Crippen LogP contribution in [0.3, 0.4) is 0 Å². The van der Waals surface area contributed by atoms with Crippen LogP contribution in [-0.4, -0.2) is 80.8 Å². The predicted octanol–water partition coefficient (Wildman–Crippen LogP) is 1.10. The molecule has 0 radical (unpaired) electrons. The molecule has 1 aliphatic rings. The van der Waals surface area contributed by atoms with E-state index >= 15 is 0 Å². The maximum absolute atomic E-state index is 13.3. The number of aromatic amines is 1. The molecule has 2 heterocycles. The number of rotatable bonds is 12. The van der Waals surface area contributed by atoms with Crippen LogP contribution in [-0.2, 0) is 36.9 Å². The van der Waals surface area contributed by atoms with Crippen molar-refractivity contribution in [3.63, 3.8) is 0 Å². The number of nitrogens with one attached hydrogen (secondary N) is 4. The van der Waals surface area contributed by atoms with Crippen LogP contribution in [0.4, 0.5) is 0 Å². The minimum atomic E-state index is -0.800. The second-order valence-corrected chi connectivity index (χ2v) is 11.1. The van der Waals surface area contributed by atoms with Gasteiger partial charge in [0, 0.05) is 13.0 Å². The van der Waals surface area contributed by atoms with E-state index < -0.39 is 29.5 Å². The largest absolute Gasteiger partial charge is 0.371 e. The lowest BCUT2D eigenvalue weighted by Crippen LogP contribution is -2.53. The Morgan fingerprint density at radius 1 is 1.15 bits per heavy atom. The van der Waals surface area contributed by atoms with Gasteiger partial charge in [0.2, 0.25) is 23.6 Å². The molecular formula is C28H41N7O5. The predicted molar refractivity (Wildman–Crippen MR) is 148 cm³/mol. The van der Waals surface area contributed by atoms with Gasteiger partial charge in [-0.15, -0.1) is 0 Å². The van der Waals surface area contributed by atoms with E-state index in [2.05, 4.69) is 31.4 Å². The van der Waals surface area contributed by atoms with E-state index in [-0.39, 0.29) is 49.9 Å². The smallest absolute Gasteiger partial charge is 0.243 e. The standard InChI is InChI=1S/C28H41N7O5/c1-6-18(2)25(32-23(36)12-19-10-8-7-9-11-19)27(39)30-16-24(37)35-17-21(40-28(3,4)5)13-22(35)26(38)29-14-20-15-31-34-33-20/h7-11,15,18,21-22,25H,6,12-14,16-17H2,1-5H3,(H,29,38)(H,30,39)(H,32,36)(H,31,33,34)/t18-,21+,22?,25-/m0/s1. The van der Waals surface area contributed by atoms with E-state index in [0.29, 0.717) is 18.5 Å². The Morgan fingerprint density at radius 3 is 2.50 bits per heavy atom. The molecule has 1 unspecified atom stereocenters. The van der Waals surface area contributed by atoms with Crippen LogP contribution >= 0.6 is 0 Å². The Morgan fingerprint density at radius 2 is 1.88 bits per heavy atom. The van der Waals surface area contributed by atoms with Gasteiger partial charge >= 0.3 is 0 Å². The quantitative estimate of drug-likeness (QED) is 0.305. The van der Waals surface area contributed by atoms with Crippen LogP contribution in [0.25, 0.3) is 0 Å². The molecular weight excluding hydrogens is 514 g/mol. The first kappa shape index (κ1) is 30.7. The fraction of sp³-hybridized carbons (Fsp3) is 0.571. The molecule has 0 spiro atoms. The summed E-state index contributed by atoms with van der Waals surface area (Å²) in [6.45, 7) is 9.62. The summed E-state index contributed by atoms with van der Waals surface area (Å²) in [6, 6.07) is 7.71. The average Bonchev–Trinajstić information content (AvgIpc) is 3.58. The van der Waals surface area contributed by atoms with Crippen molar-refractivity contribution in [2.75, 3.05) is 13.1 Å². The minimum Gasteiger partial charge on any atom is -0.371 e. The number of hydrogen-bond donors (Lipinski definition) is 4. The summed E-state index contributed by atoms with van der Waals surface area (Å²) in [5.74, 6) is -1.62. The Balaban J connectivity index is 1.62. The van der Waals surface area contributed by atoms with Gasteiger partial charge in [-0.2, -0.15) is 15.4 Å². The molecule has 3 rings (SSSR count). The van der Waals surface area contributed by atoms with Crippen LogP contribution in [0.1, 0.15) is 58.7 Å². The molecule has 0 aliphatic carbocycles. The molecule has 0 bridgehead atoms. The summed E-state index contributed by atoms with van der Waals surface area (Å²) in [5.41, 5.74) is 0.943. The molecule has 4 N–H and O–H groups in total. The molecule has 218 valence electrons. The van der Waals surface area contributed by atoms with E-state index in [1.54, 1.807) is 0 Å². The van der Waals surface area contributed by atoms with Crippen LogP contribution in [0.5, 0.6) is 0 Å². The highest BCUT2D eigenvalue weighted by atomic mass is 16.5. The average molecular weight is 556 g/mol. The second kappa shape index (κ2) is 14.0. The van der Waals surface area contributed by atoms with Gasteiger partial charge in [-0.05, 0) is 32.3 Å². The highest BCUT2D eigenvalue weighted by molar-refractivity contribution is 5.93. The molecule has 1 aliphatic heterocycles. The molecule has 1 aromatic carbocycles. The third-order valence-corrected chi connectivity index (χ3v) is 6.75. The Bertz CT molecular complexity index is 1130. The second-order valence-electron chi connectivity index (χ2n) is 11.1. The van der Waals surface area contributed by atoms with E-state index in [4.69, 9.17) is 4.74 Å². The van der Waals surface area contributed by atoms with Gasteiger partial charge in [-0.1, -0.05) is 50.6 Å². The zero-order chi connectivity index (χ0) is 29.3. The van der Waals surface area contributed by atoms with Crippen molar-refractivity contribution in [3.05, 3.63) is 47.8 Å². The molecule has 40 heavy (non-hydrogen) atoms. The van der Waals surface area contributed by atoms with E-state index in [1.807, 2.05) is 65.0 Å². The van der Waals surface area contributed by atoms with Crippen LogP contribution in [0.15, 0.2) is 36.5 Å². The number of ether oxygens (including phenoxy) is 1. The normalized spacial score (nSPS) is 18.6. The molecule has 1 saturated heterocycles. The van der Waals surface area contributed by atoms with Crippen molar-refractivity contribution < 1.29 is 23.9 Å². The summed E-state index contributed by atoms with van der Waals surface area (Å²) in [4.78, 5) is 53.6. The van der Waals surface area contributed by atoms with Gasteiger partial charge < -0.3 is 25.6 Å². The minimum absolute atomic E-state index is 0.147. The van der Waals surface area contributed by atoms with Crippen molar-refractivity contribution in [2.45, 2.75) is 84.2 Å². The lowest BCUT2D eigenvalue weighted by Gasteiger charge is -2.26. The van der Waals surface area contributed by atoms with Gasteiger partial charge in [0.25, 0.3) is 0 Å². The number of aromatic nitrogens is 3. The van der Waals surface area contributed by atoms with Gasteiger partial charge in [0.1, 0.15) is 17.8 Å². The highest BCUT2D eigenvalue weighted by Crippen LogP contribution is 2.25. The summed E-state index contributed by atoms with van der Waals surface area (Å²) in [7, 11) is 0. The molecule has 1 fully saturated rings. The molecule has 1 aromatic heterocycles. The maximum atomic E-state index is 13.3. The van der Waals surface area contributed by atoms with Gasteiger partial charge in [0.05, 0.1) is 37.4 Å². The van der Waals surface area contributed by atoms with Gasteiger partial charge in [-0.3, -0.25) is 19.2 Å². The van der Waals surface area contributed by atoms with Gasteiger partial charge in [-0.25, -0.2) is 0 Å². The number of hydrogen-bond acceptors (Lipinski definition) is 7. The lowest BCUT2D eigenvalue weighted by atomic mass is 9.98. The number of carbonyl (C=O) groups is 4. The number of H-pyrrole nitrogens is 1. The summed E-state index contributed by atoms with van der Waals surface area (Å²) in [6.07, 6.45) is 2.29. The fourth-order valence-corrected chi connectivity index (χ4v) is 4.59. The molecule has 0 saturated carbocycles. The molecule has 12 nitrogen and oxygen atoms in total. The zero-order valence-corrected chi connectivity index (χ0v) is 23.9. The summed E-state index contributed by atoms with van der Waals surface area (Å²) in [5, 5.41) is 18.5. The highest BCUT2D eigenvalue weighted by Gasteiger charge is 2.41. The Kier molecular flexibility index (Phi) is 10.8. The Labute approximate surface area is 235 Å². The van der Waals surface area contributed by atoms with Crippen molar-refractivity contribution in [1.82, 2.24) is 36.3 Å². The number of carbonyl (C=O) groups excluding carboxylic acids is 4. The first-order valence-corrected chi connectivity index (χ1v) is 13.7. The number of likely N-dealkylation sites (tertiary alicyclic amines) is 1. The summed E-state index contributed by atoms with van der Waals surface area (Å²) >= 11 is 0. The summed E-state index contributed by atoms with van der Waals surface area (Å²) < 4.78 is 6.08. The van der Waals surface area contributed by atoms with E-state index in [1.165, 1.54) is 11.1 Å². The molecule has 2 aromatic rings. The van der Waals surface area contributed by atoms with E-state index in [9.17, 15) is 19.2 Å². The SMILES string of the molecule is CC[C@H](C)[C@H](NC(=O)Cc1ccccc1)C(=O)NCC(=O)N1C[C@H](OC(C)(C)C)CC1C(=O)NCc1cn[nH]n1. The Hall–Kier alpha value is -3.80. The van der Waals surface area contributed by atoms with Gasteiger partial charge in [0.15, 0.2) is 0 Å². The zero-order valence-electron chi connectivity index (χ0n) is 23.9. The maximum Gasteiger partial charge on any atom is 0.243 e. The molecule has 4 atom stereocenters. The van der Waals surface area contributed by atoms with Crippen LogP contribution < -0.4 is 16.0 Å². The molecule has 12 heteroatoms. The fourth-order valence-electron chi connectivity index (χ4n) is 4.59. The first-order valence-electron chi connectivity index (χ1n) is 13.7. The molecule has 4 amide bonds. The third kappa shape index (κ3) is 9.15. The topological polar surface area (TPSA) is 158 Å². The monoisotopic (exact) mass is 555 g/mol. The number of benzene rings is 1. The van der Waals surface area contributed by atoms with Crippen molar-refractivity contribution in [3.8, 4) is 0 Å². The van der Waals surface area contributed by atoms with Crippen LogP contribution in [0, 0.1) is 5.92 Å². The number of nitrogens with zero attached hydrogens (tertiary/aromatic N) is 3. The number of amides is 4. The van der Waals surface area contributed by atoms with Crippen molar-refractivity contribution in [2.24, 2.45) is 5.92 Å². The van der Waals surface area contributed by atoms with E-state index in [0.717, 1.165) is 5.56 Å². The lowest BCUT2D eigenvalue weighted by molar-refractivity contribution is -0.139. The first-order chi connectivity index (χ1) is 19.0. The van der Waals surface area contributed by atoms with Crippen LogP contribution in [0.2, 0.25) is 0 Å². The van der Waals surface area contributed by atoms with Crippen molar-refractivity contribution >= 4 is 23.6 Å². The third-order valence-electron chi connectivity index (χ3n) is 6.75. The van der Waals surface area contributed by atoms with Crippen molar-refractivity contribution in [1.29, 1.82) is 0 Å².